The molecule has 1 amide bonds. The van der Waals surface area contributed by atoms with Gasteiger partial charge in [-0.1, -0.05) is 12.1 Å². The number of hydrogen-bond donors (Lipinski definition) is 1. The van der Waals surface area contributed by atoms with Crippen molar-refractivity contribution in [3.63, 3.8) is 0 Å². The van der Waals surface area contributed by atoms with Gasteiger partial charge in [0.05, 0.1) is 16.5 Å². The van der Waals surface area contributed by atoms with Gasteiger partial charge in [0, 0.05) is 45.2 Å². The fourth-order valence-electron chi connectivity index (χ4n) is 3.56. The number of para-hydroxylation sites is 1. The van der Waals surface area contributed by atoms with Crippen molar-refractivity contribution in [3.05, 3.63) is 64.3 Å². The number of rotatable bonds is 4. The maximum atomic E-state index is 12.7. The molecule has 0 aliphatic carbocycles. The average Bonchev–Trinajstić information content (AvgIpc) is 2.77. The van der Waals surface area contributed by atoms with E-state index in [1.54, 1.807) is 29.2 Å². The molecule has 31 heavy (non-hydrogen) atoms. The summed E-state index contributed by atoms with van der Waals surface area (Å²) in [5, 5.41) is 0.505. The van der Waals surface area contributed by atoms with Crippen LogP contribution in [0.1, 0.15) is 17.8 Å². The van der Waals surface area contributed by atoms with Crippen LogP contribution in [0.2, 0.25) is 0 Å². The van der Waals surface area contributed by atoms with Crippen molar-refractivity contribution in [3.8, 4) is 0 Å². The Labute approximate surface area is 175 Å². The van der Waals surface area contributed by atoms with Crippen LogP contribution >= 0.6 is 0 Å². The molecule has 0 spiro atoms. The van der Waals surface area contributed by atoms with Gasteiger partial charge < -0.3 is 14.8 Å². The number of piperazine rings is 1. The number of pyridine rings is 1. The molecular formula is C21H20F3N5O2. The van der Waals surface area contributed by atoms with E-state index in [1.165, 1.54) is 6.07 Å². The first-order chi connectivity index (χ1) is 14.8. The molecule has 0 atom stereocenters. The van der Waals surface area contributed by atoms with Gasteiger partial charge in [-0.15, -0.1) is 0 Å². The Balaban J connectivity index is 1.32. The first kappa shape index (κ1) is 20.8. The molecular weight excluding hydrogens is 411 g/mol. The van der Waals surface area contributed by atoms with E-state index in [2.05, 4.69) is 15.0 Å². The lowest BCUT2D eigenvalue weighted by Gasteiger charge is -2.35. The SMILES string of the molecule is O=C(CCc1nc2ccccc2c(=O)[nH]1)N1CCN(c2ccc(C(F)(F)F)cn2)CC1. The molecule has 162 valence electrons. The average molecular weight is 431 g/mol. The van der Waals surface area contributed by atoms with Crippen LogP contribution in [0.15, 0.2) is 47.4 Å². The quantitative estimate of drug-likeness (QED) is 0.687. The summed E-state index contributed by atoms with van der Waals surface area (Å²) in [7, 11) is 0. The zero-order chi connectivity index (χ0) is 22.0. The number of H-pyrrole nitrogens is 1. The lowest BCUT2D eigenvalue weighted by Crippen LogP contribution is -2.49. The van der Waals surface area contributed by atoms with Gasteiger partial charge in [-0.3, -0.25) is 9.59 Å². The van der Waals surface area contributed by atoms with Crippen LogP contribution in [0.3, 0.4) is 0 Å². The molecule has 0 unspecified atom stereocenters. The van der Waals surface area contributed by atoms with Crippen LogP contribution in [-0.2, 0) is 17.4 Å². The Hall–Kier alpha value is -3.43. The molecule has 3 heterocycles. The molecule has 4 rings (SSSR count). The van der Waals surface area contributed by atoms with Crippen molar-refractivity contribution >= 4 is 22.6 Å². The maximum Gasteiger partial charge on any atom is 0.417 e. The van der Waals surface area contributed by atoms with Crippen molar-refractivity contribution in [1.29, 1.82) is 0 Å². The summed E-state index contributed by atoms with van der Waals surface area (Å²) in [4.78, 5) is 39.3. The summed E-state index contributed by atoms with van der Waals surface area (Å²) in [5.74, 6) is 0.860. The Morgan fingerprint density at radius 2 is 1.81 bits per heavy atom. The number of aromatic nitrogens is 3. The molecule has 3 aromatic rings. The maximum absolute atomic E-state index is 12.7. The largest absolute Gasteiger partial charge is 0.417 e. The molecule has 1 saturated heterocycles. The summed E-state index contributed by atoms with van der Waals surface area (Å²) >= 11 is 0. The molecule has 10 heteroatoms. The minimum Gasteiger partial charge on any atom is -0.353 e. The Morgan fingerprint density at radius 3 is 2.48 bits per heavy atom. The van der Waals surface area contributed by atoms with Crippen LogP contribution in [0, 0.1) is 0 Å². The van der Waals surface area contributed by atoms with Crippen molar-refractivity contribution in [1.82, 2.24) is 19.9 Å². The smallest absolute Gasteiger partial charge is 0.353 e. The van der Waals surface area contributed by atoms with Gasteiger partial charge in [0.1, 0.15) is 11.6 Å². The number of aromatic amines is 1. The highest BCUT2D eigenvalue weighted by Crippen LogP contribution is 2.29. The molecule has 0 bridgehead atoms. The number of nitrogens with zero attached hydrogens (tertiary/aromatic N) is 4. The number of aryl methyl sites for hydroxylation is 1. The van der Waals surface area contributed by atoms with Crippen molar-refractivity contribution in [2.24, 2.45) is 0 Å². The number of halogens is 3. The number of hydrogen-bond acceptors (Lipinski definition) is 5. The molecule has 1 fully saturated rings. The number of benzene rings is 1. The molecule has 0 radical (unpaired) electrons. The van der Waals surface area contributed by atoms with Crippen LogP contribution in [0.4, 0.5) is 19.0 Å². The predicted octanol–water partition coefficient (Wildman–Crippen LogP) is 2.62. The highest BCUT2D eigenvalue weighted by atomic mass is 19.4. The highest BCUT2D eigenvalue weighted by Gasteiger charge is 2.31. The summed E-state index contributed by atoms with van der Waals surface area (Å²) < 4.78 is 38.0. The van der Waals surface area contributed by atoms with Gasteiger partial charge in [-0.2, -0.15) is 13.2 Å². The number of carbonyl (C=O) groups is 1. The standard InChI is InChI=1S/C21H20F3N5O2/c22-21(23,24)14-5-7-18(25-13-14)28-9-11-29(12-10-28)19(30)8-6-17-26-16-4-2-1-3-15(16)20(31)27-17/h1-5,7,13H,6,8-12H2,(H,26,27,31). The molecule has 1 aliphatic rings. The zero-order valence-electron chi connectivity index (χ0n) is 16.5. The molecule has 1 aromatic carbocycles. The van der Waals surface area contributed by atoms with Crippen molar-refractivity contribution in [2.75, 3.05) is 31.1 Å². The first-order valence-corrected chi connectivity index (χ1v) is 9.85. The number of amides is 1. The molecule has 1 aliphatic heterocycles. The van der Waals surface area contributed by atoms with E-state index < -0.39 is 11.7 Å². The lowest BCUT2D eigenvalue weighted by molar-refractivity contribution is -0.137. The fourth-order valence-corrected chi connectivity index (χ4v) is 3.56. The fraction of sp³-hybridized carbons (Fsp3) is 0.333. The Morgan fingerprint density at radius 1 is 1.06 bits per heavy atom. The van der Waals surface area contributed by atoms with Crippen LogP contribution in [-0.4, -0.2) is 51.9 Å². The van der Waals surface area contributed by atoms with Crippen LogP contribution in [0.5, 0.6) is 0 Å². The number of alkyl halides is 3. The molecule has 1 N–H and O–H groups in total. The first-order valence-electron chi connectivity index (χ1n) is 9.85. The van der Waals surface area contributed by atoms with Crippen LogP contribution in [0.25, 0.3) is 10.9 Å². The predicted molar refractivity (Wildman–Crippen MR) is 109 cm³/mol. The van der Waals surface area contributed by atoms with Gasteiger partial charge in [-0.25, -0.2) is 9.97 Å². The Kier molecular flexibility index (Phi) is 5.62. The normalized spacial score (nSPS) is 14.8. The monoisotopic (exact) mass is 431 g/mol. The van der Waals surface area contributed by atoms with Gasteiger partial charge in [-0.05, 0) is 24.3 Å². The second-order valence-corrected chi connectivity index (χ2v) is 7.30. The Bertz CT molecular complexity index is 1140. The number of carbonyl (C=O) groups excluding carboxylic acids is 1. The van der Waals surface area contributed by atoms with E-state index in [9.17, 15) is 22.8 Å². The van der Waals surface area contributed by atoms with E-state index in [1.807, 2.05) is 4.90 Å². The van der Waals surface area contributed by atoms with E-state index in [-0.39, 0.29) is 17.9 Å². The molecule has 7 nitrogen and oxygen atoms in total. The second kappa shape index (κ2) is 8.37. The molecule has 0 saturated carbocycles. The summed E-state index contributed by atoms with van der Waals surface area (Å²) in [6, 6.07) is 9.38. The molecule has 2 aromatic heterocycles. The number of nitrogens with one attached hydrogen (secondary N) is 1. The van der Waals surface area contributed by atoms with E-state index >= 15 is 0 Å². The van der Waals surface area contributed by atoms with Gasteiger partial charge in [0.2, 0.25) is 5.91 Å². The summed E-state index contributed by atoms with van der Waals surface area (Å²) in [5.41, 5.74) is -0.428. The van der Waals surface area contributed by atoms with E-state index in [0.717, 1.165) is 12.3 Å². The second-order valence-electron chi connectivity index (χ2n) is 7.30. The highest BCUT2D eigenvalue weighted by molar-refractivity contribution is 5.78. The third-order valence-corrected chi connectivity index (χ3v) is 5.27. The van der Waals surface area contributed by atoms with E-state index in [0.29, 0.717) is 55.1 Å². The number of anilines is 1. The van der Waals surface area contributed by atoms with Crippen molar-refractivity contribution < 1.29 is 18.0 Å². The number of fused-ring (bicyclic) bond motifs is 1. The third kappa shape index (κ3) is 4.68. The minimum atomic E-state index is -4.42. The van der Waals surface area contributed by atoms with Gasteiger partial charge in [0.25, 0.3) is 5.56 Å². The van der Waals surface area contributed by atoms with Crippen molar-refractivity contribution in [2.45, 2.75) is 19.0 Å². The lowest BCUT2D eigenvalue weighted by atomic mass is 10.2. The summed E-state index contributed by atoms with van der Waals surface area (Å²) in [6.45, 7) is 1.86. The van der Waals surface area contributed by atoms with Crippen LogP contribution < -0.4 is 10.5 Å². The van der Waals surface area contributed by atoms with E-state index in [4.69, 9.17) is 0 Å². The zero-order valence-corrected chi connectivity index (χ0v) is 16.5. The van der Waals surface area contributed by atoms with Gasteiger partial charge in [0.15, 0.2) is 0 Å². The van der Waals surface area contributed by atoms with Gasteiger partial charge >= 0.3 is 6.18 Å². The summed E-state index contributed by atoms with van der Waals surface area (Å²) in [6.07, 6.45) is -3.07. The third-order valence-electron chi connectivity index (χ3n) is 5.27. The minimum absolute atomic E-state index is 0.0594. The topological polar surface area (TPSA) is 82.2 Å².